The average molecular weight is 524 g/mol. The first-order chi connectivity index (χ1) is 18.5. The van der Waals surface area contributed by atoms with Crippen LogP contribution >= 0.6 is 11.6 Å². The third-order valence-corrected chi connectivity index (χ3v) is 9.35. The van der Waals surface area contributed by atoms with E-state index in [-0.39, 0.29) is 29.4 Å². The molecule has 0 aliphatic carbocycles. The van der Waals surface area contributed by atoms with E-state index in [1.165, 1.54) is 0 Å². The molecule has 4 aromatic rings. The first-order valence-electron chi connectivity index (χ1n) is 12.8. The number of Topliss-reactive ketones (excluding diaryl/α,β-unsaturated/α-hetero) is 1. The molecule has 2 spiro atoms. The van der Waals surface area contributed by atoms with Crippen LogP contribution in [-0.2, 0) is 20.5 Å². The molecular weight excluding hydrogens is 502 g/mol. The second-order valence-electron chi connectivity index (χ2n) is 10.5. The van der Waals surface area contributed by atoms with E-state index < -0.39 is 16.9 Å². The van der Waals surface area contributed by atoms with Crippen LogP contribution in [0.15, 0.2) is 77.2 Å². The molecule has 8 rings (SSSR count). The molecule has 4 atom stereocenters. The van der Waals surface area contributed by atoms with Gasteiger partial charge in [0, 0.05) is 22.7 Å². The highest BCUT2D eigenvalue weighted by atomic mass is 35.5. The summed E-state index contributed by atoms with van der Waals surface area (Å²) in [5.74, 6) is -1.62. The van der Waals surface area contributed by atoms with Gasteiger partial charge in [-0.15, -0.1) is 0 Å². The van der Waals surface area contributed by atoms with Crippen LogP contribution in [0.1, 0.15) is 34.5 Å². The number of ketones is 1. The number of hydrogen-bond donors (Lipinski definition) is 2. The quantitative estimate of drug-likeness (QED) is 0.357. The lowest BCUT2D eigenvalue weighted by Gasteiger charge is -2.43. The van der Waals surface area contributed by atoms with Gasteiger partial charge in [-0.1, -0.05) is 60.1 Å². The Bertz CT molecular complexity index is 1700. The normalized spacial score (nSPS) is 29.1. The van der Waals surface area contributed by atoms with Gasteiger partial charge in [-0.05, 0) is 49.2 Å². The van der Waals surface area contributed by atoms with Gasteiger partial charge < -0.3 is 15.1 Å². The molecule has 0 radical (unpaired) electrons. The van der Waals surface area contributed by atoms with Gasteiger partial charge in [-0.25, -0.2) is 0 Å². The molecule has 2 fully saturated rings. The average Bonchev–Trinajstić information content (AvgIpc) is 3.71. The molecule has 188 valence electrons. The van der Waals surface area contributed by atoms with E-state index in [0.29, 0.717) is 46.1 Å². The number of rotatable bonds is 2. The van der Waals surface area contributed by atoms with Gasteiger partial charge in [0.25, 0.3) is 5.91 Å². The summed E-state index contributed by atoms with van der Waals surface area (Å²) in [7, 11) is 0. The fourth-order valence-corrected chi connectivity index (χ4v) is 8.05. The molecule has 2 amide bonds. The highest BCUT2D eigenvalue weighted by molar-refractivity contribution is 6.35. The predicted molar refractivity (Wildman–Crippen MR) is 142 cm³/mol. The van der Waals surface area contributed by atoms with Crippen LogP contribution < -0.4 is 10.6 Å². The van der Waals surface area contributed by atoms with Gasteiger partial charge in [0.2, 0.25) is 11.7 Å². The van der Waals surface area contributed by atoms with Crippen LogP contribution in [-0.4, -0.2) is 35.1 Å². The van der Waals surface area contributed by atoms with Gasteiger partial charge >= 0.3 is 0 Å². The summed E-state index contributed by atoms with van der Waals surface area (Å²) >= 11 is 6.60. The minimum atomic E-state index is -1.52. The molecular formula is C30H22ClN3O4. The number of anilines is 2. The van der Waals surface area contributed by atoms with Crippen molar-refractivity contribution in [2.45, 2.75) is 29.8 Å². The van der Waals surface area contributed by atoms with Crippen molar-refractivity contribution in [3.8, 4) is 0 Å². The number of furan rings is 1. The van der Waals surface area contributed by atoms with E-state index in [0.717, 1.165) is 11.8 Å². The number of nitrogens with one attached hydrogen (secondary N) is 2. The Morgan fingerprint density at radius 2 is 1.74 bits per heavy atom. The maximum Gasteiger partial charge on any atom is 0.251 e. The number of hydrogen-bond acceptors (Lipinski definition) is 5. The number of carbonyl (C=O) groups excluding carboxylic acids is 3. The van der Waals surface area contributed by atoms with Crippen LogP contribution in [0.5, 0.6) is 0 Å². The van der Waals surface area contributed by atoms with Crippen molar-refractivity contribution in [1.29, 1.82) is 0 Å². The summed E-state index contributed by atoms with van der Waals surface area (Å²) in [4.78, 5) is 45.6. The smallest absolute Gasteiger partial charge is 0.251 e. The fraction of sp³-hybridized carbons (Fsp3) is 0.233. The van der Waals surface area contributed by atoms with Crippen molar-refractivity contribution in [3.63, 3.8) is 0 Å². The summed E-state index contributed by atoms with van der Waals surface area (Å²) in [6.45, 7) is 0.575. The zero-order valence-electron chi connectivity index (χ0n) is 20.2. The molecule has 4 aliphatic rings. The lowest BCUT2D eigenvalue weighted by Crippen LogP contribution is -2.62. The number of halogens is 1. The third-order valence-electron chi connectivity index (χ3n) is 9.03. The Kier molecular flexibility index (Phi) is 4.26. The Labute approximate surface area is 222 Å². The Morgan fingerprint density at radius 1 is 0.947 bits per heavy atom. The molecule has 2 N–H and O–H groups in total. The second-order valence-corrected chi connectivity index (χ2v) is 10.9. The summed E-state index contributed by atoms with van der Waals surface area (Å²) in [5.41, 5.74) is 0.0303. The zero-order chi connectivity index (χ0) is 25.8. The lowest BCUT2D eigenvalue weighted by molar-refractivity contribution is -0.137. The maximum absolute atomic E-state index is 14.6. The minimum Gasteiger partial charge on any atom is -0.453 e. The van der Waals surface area contributed by atoms with Crippen LogP contribution in [0, 0.1) is 5.92 Å². The van der Waals surface area contributed by atoms with Crippen molar-refractivity contribution < 1.29 is 18.8 Å². The molecule has 0 saturated carbocycles. The van der Waals surface area contributed by atoms with Crippen molar-refractivity contribution in [2.75, 3.05) is 17.2 Å². The van der Waals surface area contributed by atoms with Crippen molar-refractivity contribution >= 4 is 51.5 Å². The Morgan fingerprint density at radius 3 is 2.61 bits per heavy atom. The number of para-hydroxylation sites is 3. The Balaban J connectivity index is 1.47. The van der Waals surface area contributed by atoms with E-state index in [1.807, 2.05) is 54.6 Å². The SMILES string of the molecule is O=C(c1cc2ccccc2o1)[C@@H]1[C@@H]2CCCN2[C@]2(C(=O)Nc3c(Cl)cccc32)[C@@]12C(=O)Nc1ccccc12. The van der Waals surface area contributed by atoms with Gasteiger partial charge in [0.05, 0.1) is 16.6 Å². The van der Waals surface area contributed by atoms with Gasteiger partial charge in [-0.2, -0.15) is 0 Å². The molecule has 7 nitrogen and oxygen atoms in total. The molecule has 0 bridgehead atoms. The van der Waals surface area contributed by atoms with Crippen LogP contribution in [0.4, 0.5) is 11.4 Å². The highest BCUT2D eigenvalue weighted by Gasteiger charge is 2.81. The summed E-state index contributed by atoms with van der Waals surface area (Å²) in [5, 5.41) is 7.26. The lowest BCUT2D eigenvalue weighted by atomic mass is 9.57. The van der Waals surface area contributed by atoms with Crippen LogP contribution in [0.2, 0.25) is 5.02 Å². The van der Waals surface area contributed by atoms with Crippen molar-refractivity contribution in [3.05, 3.63) is 94.7 Å². The molecule has 1 aromatic heterocycles. The van der Waals surface area contributed by atoms with Gasteiger partial charge in [-0.3, -0.25) is 19.3 Å². The number of benzene rings is 3. The third kappa shape index (κ3) is 2.34. The summed E-state index contributed by atoms with van der Waals surface area (Å²) in [6.07, 6.45) is 1.48. The van der Waals surface area contributed by atoms with E-state index in [9.17, 15) is 14.4 Å². The monoisotopic (exact) mass is 523 g/mol. The minimum absolute atomic E-state index is 0.196. The van der Waals surface area contributed by atoms with Gasteiger partial charge in [0.1, 0.15) is 16.5 Å². The molecule has 2 saturated heterocycles. The number of amides is 2. The molecule has 3 aromatic carbocycles. The molecule has 4 aliphatic heterocycles. The van der Waals surface area contributed by atoms with Crippen molar-refractivity contribution in [2.24, 2.45) is 5.92 Å². The van der Waals surface area contributed by atoms with E-state index in [4.69, 9.17) is 16.0 Å². The summed E-state index contributed by atoms with van der Waals surface area (Å²) < 4.78 is 6.06. The first-order valence-corrected chi connectivity index (χ1v) is 13.2. The predicted octanol–water partition coefficient (Wildman–Crippen LogP) is 5.10. The second kappa shape index (κ2) is 7.34. The topological polar surface area (TPSA) is 91.7 Å². The fourth-order valence-electron chi connectivity index (χ4n) is 7.83. The molecule has 38 heavy (non-hydrogen) atoms. The Hall–Kier alpha value is -3.94. The van der Waals surface area contributed by atoms with E-state index in [2.05, 4.69) is 15.5 Å². The standard InChI is InChI=1S/C30H22ClN3O4/c31-19-10-5-9-18-25(19)33-28(37)30(18)29(17-8-2-3-11-20(17)32-27(29)36)24(21-12-6-14-34(21)30)26(35)23-15-16-7-1-4-13-22(16)38-23/h1-5,7-11,13,15,21,24H,6,12,14H2,(H,32,36)(H,33,37)/t21-,24-,29+,30+/m0/s1. The molecule has 0 unspecified atom stereocenters. The first kappa shape index (κ1) is 22.1. The molecule has 8 heteroatoms. The maximum atomic E-state index is 14.6. The zero-order valence-corrected chi connectivity index (χ0v) is 20.9. The van der Waals surface area contributed by atoms with Crippen LogP contribution in [0.25, 0.3) is 11.0 Å². The van der Waals surface area contributed by atoms with E-state index in [1.54, 1.807) is 18.2 Å². The number of fused-ring (bicyclic) bond motifs is 8. The largest absolute Gasteiger partial charge is 0.453 e. The van der Waals surface area contributed by atoms with Gasteiger partial charge in [0.15, 0.2) is 5.76 Å². The van der Waals surface area contributed by atoms with Crippen molar-refractivity contribution in [1.82, 2.24) is 4.90 Å². The number of nitrogens with zero attached hydrogens (tertiary/aromatic N) is 1. The van der Waals surface area contributed by atoms with E-state index >= 15 is 0 Å². The number of carbonyl (C=O) groups is 3. The van der Waals surface area contributed by atoms with Crippen LogP contribution in [0.3, 0.4) is 0 Å². The molecule has 5 heterocycles. The summed E-state index contributed by atoms with van der Waals surface area (Å²) in [6, 6.07) is 21.6. The highest BCUT2D eigenvalue weighted by Crippen LogP contribution is 2.68.